The van der Waals surface area contributed by atoms with Crippen LogP contribution in [0.4, 0.5) is 11.6 Å². The first-order valence-corrected chi connectivity index (χ1v) is 16.1. The van der Waals surface area contributed by atoms with Gasteiger partial charge in [-0.25, -0.2) is 23.1 Å². The third-order valence-electron chi connectivity index (χ3n) is 8.46. The van der Waals surface area contributed by atoms with Crippen LogP contribution in [0.2, 0.25) is 5.15 Å². The van der Waals surface area contributed by atoms with Crippen LogP contribution in [0.3, 0.4) is 0 Å². The average molecular weight is 626 g/mol. The second kappa shape index (κ2) is 10.3. The van der Waals surface area contributed by atoms with Gasteiger partial charge in [-0.2, -0.15) is 0 Å². The van der Waals surface area contributed by atoms with Crippen LogP contribution in [-0.2, 0) is 24.1 Å². The monoisotopic (exact) mass is 625 g/mol. The molecule has 1 aliphatic carbocycles. The predicted molar refractivity (Wildman–Crippen MR) is 163 cm³/mol. The van der Waals surface area contributed by atoms with Crippen molar-refractivity contribution in [3.63, 3.8) is 0 Å². The molecule has 2 fully saturated rings. The van der Waals surface area contributed by atoms with Crippen LogP contribution < -0.4 is 20.5 Å². The zero-order valence-corrected chi connectivity index (χ0v) is 26.2. The second-order valence-electron chi connectivity index (χ2n) is 11.6. The van der Waals surface area contributed by atoms with Gasteiger partial charge in [-0.1, -0.05) is 22.9 Å². The van der Waals surface area contributed by atoms with E-state index in [1.54, 1.807) is 22.4 Å². The van der Waals surface area contributed by atoms with Crippen molar-refractivity contribution < 1.29 is 13.2 Å². The van der Waals surface area contributed by atoms with E-state index in [4.69, 9.17) is 16.6 Å². The molecule has 6 rings (SSSR count). The number of aryl methyl sites for hydroxylation is 2. The molecule has 43 heavy (non-hydrogen) atoms. The molecule has 4 atom stereocenters. The number of aromatic nitrogens is 6. The minimum atomic E-state index is -3.83. The summed E-state index contributed by atoms with van der Waals surface area (Å²) in [5.41, 5.74) is 4.26. The summed E-state index contributed by atoms with van der Waals surface area (Å²) in [6.07, 6.45) is 0.884. The minimum Gasteiger partial charge on any atom is -0.377 e. The van der Waals surface area contributed by atoms with Crippen LogP contribution in [0.15, 0.2) is 29.1 Å². The van der Waals surface area contributed by atoms with Crippen LogP contribution in [0.25, 0.3) is 10.9 Å². The SMILES string of the molecule is Cc1cc([C@@H](C)Nc2ccc(Cl)nc2C(=O)NS(C)(=O)=O)c2nc(N3C[C@@H]4C(c5nnn(C)c5C)[C@@H]4C3)n(C)c(=O)c2c1. The molecule has 1 amide bonds. The van der Waals surface area contributed by atoms with Crippen LogP contribution in [0.5, 0.6) is 0 Å². The molecule has 4 aromatic rings. The van der Waals surface area contributed by atoms with Crippen molar-refractivity contribution in [3.8, 4) is 0 Å². The first-order valence-electron chi connectivity index (χ1n) is 13.8. The van der Waals surface area contributed by atoms with Crippen molar-refractivity contribution in [1.29, 1.82) is 0 Å². The Hall–Kier alpha value is -4.04. The minimum absolute atomic E-state index is 0.0352. The molecule has 4 heterocycles. The Morgan fingerprint density at radius 1 is 1.12 bits per heavy atom. The molecule has 2 aliphatic rings. The van der Waals surface area contributed by atoms with Crippen molar-refractivity contribution in [2.75, 3.05) is 29.6 Å². The van der Waals surface area contributed by atoms with Crippen molar-refractivity contribution in [2.45, 2.75) is 32.7 Å². The second-order valence-corrected chi connectivity index (χ2v) is 13.7. The Morgan fingerprint density at radius 2 is 1.81 bits per heavy atom. The summed E-state index contributed by atoms with van der Waals surface area (Å²) >= 11 is 6.03. The molecular formula is C28H32ClN9O4S. The number of carbonyl (C=O) groups excluding carboxylic acids is 1. The van der Waals surface area contributed by atoms with E-state index in [9.17, 15) is 18.0 Å². The topological polar surface area (TPSA) is 157 Å². The van der Waals surface area contributed by atoms with Crippen molar-refractivity contribution in [2.24, 2.45) is 25.9 Å². The summed E-state index contributed by atoms with van der Waals surface area (Å²) in [4.78, 5) is 37.6. The number of amides is 1. The summed E-state index contributed by atoms with van der Waals surface area (Å²) in [5, 5.41) is 12.3. The first kappa shape index (κ1) is 29.1. The molecule has 13 nitrogen and oxygen atoms in total. The van der Waals surface area contributed by atoms with E-state index in [1.807, 2.05) is 44.7 Å². The fourth-order valence-corrected chi connectivity index (χ4v) is 6.81. The Balaban J connectivity index is 1.33. The van der Waals surface area contributed by atoms with E-state index in [0.29, 0.717) is 34.6 Å². The number of halogens is 1. The summed E-state index contributed by atoms with van der Waals surface area (Å²) in [6.45, 7) is 7.34. The lowest BCUT2D eigenvalue weighted by atomic mass is 10.0. The number of nitrogens with one attached hydrogen (secondary N) is 2. The van der Waals surface area contributed by atoms with E-state index in [-0.39, 0.29) is 22.1 Å². The number of rotatable bonds is 7. The lowest BCUT2D eigenvalue weighted by Crippen LogP contribution is -2.32. The largest absolute Gasteiger partial charge is 0.377 e. The van der Waals surface area contributed by atoms with E-state index in [1.165, 1.54) is 6.07 Å². The molecule has 1 saturated heterocycles. The van der Waals surface area contributed by atoms with Gasteiger partial charge in [-0.3, -0.25) is 18.8 Å². The molecular weight excluding hydrogens is 594 g/mol. The van der Waals surface area contributed by atoms with Crippen LogP contribution >= 0.6 is 11.6 Å². The maximum atomic E-state index is 13.7. The molecule has 0 spiro atoms. The highest BCUT2D eigenvalue weighted by atomic mass is 35.5. The third kappa shape index (κ3) is 5.22. The molecule has 2 N–H and O–H groups in total. The van der Waals surface area contributed by atoms with Crippen LogP contribution in [0, 0.1) is 25.7 Å². The number of fused-ring (bicyclic) bond motifs is 2. The van der Waals surface area contributed by atoms with Gasteiger partial charge in [0.05, 0.1) is 40.3 Å². The number of sulfonamides is 1. The van der Waals surface area contributed by atoms with E-state index in [0.717, 1.165) is 41.9 Å². The highest BCUT2D eigenvalue weighted by Gasteiger charge is 2.58. The van der Waals surface area contributed by atoms with E-state index in [2.05, 4.69) is 25.5 Å². The van der Waals surface area contributed by atoms with Crippen LogP contribution in [0.1, 0.15) is 51.9 Å². The van der Waals surface area contributed by atoms with Gasteiger partial charge in [-0.15, -0.1) is 5.10 Å². The lowest BCUT2D eigenvalue weighted by Gasteiger charge is -2.25. The Morgan fingerprint density at radius 3 is 2.44 bits per heavy atom. The zero-order valence-electron chi connectivity index (χ0n) is 24.6. The van der Waals surface area contributed by atoms with Gasteiger partial charge in [0.2, 0.25) is 16.0 Å². The third-order valence-corrected chi connectivity index (χ3v) is 9.23. The number of pyridine rings is 1. The van der Waals surface area contributed by atoms with Gasteiger partial charge in [0.15, 0.2) is 5.69 Å². The zero-order chi connectivity index (χ0) is 31.0. The molecule has 1 saturated carbocycles. The summed E-state index contributed by atoms with van der Waals surface area (Å²) in [6, 6.07) is 6.39. The van der Waals surface area contributed by atoms with Gasteiger partial charge in [0, 0.05) is 38.7 Å². The molecule has 15 heteroatoms. The summed E-state index contributed by atoms with van der Waals surface area (Å²) in [7, 11) is -0.187. The van der Waals surface area contributed by atoms with Gasteiger partial charge in [0.25, 0.3) is 11.5 Å². The molecule has 0 bridgehead atoms. The van der Waals surface area contributed by atoms with Gasteiger partial charge in [0.1, 0.15) is 5.15 Å². The van der Waals surface area contributed by atoms with Crippen molar-refractivity contribution in [3.05, 3.63) is 68.0 Å². The number of carbonyl (C=O) groups is 1. The maximum Gasteiger partial charge on any atom is 0.285 e. The van der Waals surface area contributed by atoms with Crippen molar-refractivity contribution in [1.82, 2.24) is 34.3 Å². The fraction of sp³-hybridized carbons (Fsp3) is 0.429. The molecule has 3 aromatic heterocycles. The van der Waals surface area contributed by atoms with E-state index < -0.39 is 22.0 Å². The molecule has 1 aliphatic heterocycles. The molecule has 0 radical (unpaired) electrons. The molecule has 226 valence electrons. The number of benzene rings is 1. The Labute approximate surface area is 253 Å². The highest BCUT2D eigenvalue weighted by molar-refractivity contribution is 7.89. The standard InChI is InChI=1S/C28H32ClN9O4S/c1-13-9-16(14(2)30-20-7-8-21(29)31-25(20)26(39)34-43(6,41)42)24-17(10-13)27(40)36(4)28(32-24)38-11-18-19(12-38)22(18)23-15(3)37(5)35-33-23/h7-10,14,18-19,22,30H,11-12H2,1-6H3,(H,34,39)/t14-,18-,19+,22?/m1/s1. The smallest absolute Gasteiger partial charge is 0.285 e. The summed E-state index contributed by atoms with van der Waals surface area (Å²) in [5.74, 6) is 0.903. The van der Waals surface area contributed by atoms with Crippen LogP contribution in [-0.4, -0.2) is 63.2 Å². The fourth-order valence-electron chi connectivity index (χ4n) is 6.23. The molecule has 1 aromatic carbocycles. The van der Waals surface area contributed by atoms with E-state index >= 15 is 0 Å². The molecule has 1 unspecified atom stereocenters. The Kier molecular flexibility index (Phi) is 6.96. The number of nitrogens with zero attached hydrogens (tertiary/aromatic N) is 7. The maximum absolute atomic E-state index is 13.7. The van der Waals surface area contributed by atoms with Crippen molar-refractivity contribution >= 4 is 50.1 Å². The quantitative estimate of drug-likeness (QED) is 0.292. The number of piperidine rings is 1. The van der Waals surface area contributed by atoms with Gasteiger partial charge in [-0.05, 0) is 56.4 Å². The number of hydrogen-bond acceptors (Lipinski definition) is 10. The predicted octanol–water partition coefficient (Wildman–Crippen LogP) is 2.44. The Bertz CT molecular complexity index is 1960. The lowest BCUT2D eigenvalue weighted by molar-refractivity contribution is 0.0977. The normalized spacial score (nSPS) is 20.3. The highest BCUT2D eigenvalue weighted by Crippen LogP contribution is 2.58. The first-order chi connectivity index (χ1) is 20.2. The number of anilines is 2. The number of hydrogen-bond donors (Lipinski definition) is 2. The average Bonchev–Trinajstić information content (AvgIpc) is 3.22. The van der Waals surface area contributed by atoms with Gasteiger partial charge < -0.3 is 10.2 Å². The summed E-state index contributed by atoms with van der Waals surface area (Å²) < 4.78 is 28.7. The van der Waals surface area contributed by atoms with Gasteiger partial charge >= 0.3 is 0 Å².